The molecule has 0 amide bonds. The number of hydrogen-bond donors (Lipinski definition) is 0. The Bertz CT molecular complexity index is 882. The van der Waals surface area contributed by atoms with E-state index >= 15 is 0 Å². The Labute approximate surface area is 138 Å². The van der Waals surface area contributed by atoms with Crippen molar-refractivity contribution in [2.24, 2.45) is 0 Å². The lowest BCUT2D eigenvalue weighted by atomic mass is 10.3. The van der Waals surface area contributed by atoms with Crippen LogP contribution < -0.4 is 18.9 Å². The van der Waals surface area contributed by atoms with Crippen LogP contribution in [0.4, 0.5) is 0 Å². The number of para-hydroxylation sites is 2. The maximum Gasteiger partial charge on any atom is 0.282 e. The third-order valence-corrected chi connectivity index (χ3v) is 3.48. The molecule has 0 radical (unpaired) electrons. The molecule has 0 saturated carbocycles. The van der Waals surface area contributed by atoms with Gasteiger partial charge in [-0.2, -0.15) is 0 Å². The quantitative estimate of drug-likeness (QED) is 0.566. The third kappa shape index (κ3) is 2.81. The van der Waals surface area contributed by atoms with E-state index < -0.39 is 0 Å². The maximum absolute atomic E-state index is 5.80. The van der Waals surface area contributed by atoms with E-state index in [-0.39, 0.29) is 6.61 Å². The van der Waals surface area contributed by atoms with Gasteiger partial charge < -0.3 is 18.9 Å². The average Bonchev–Trinajstić information content (AvgIpc) is 2.64. The second-order valence-corrected chi connectivity index (χ2v) is 5.12. The molecule has 120 valence electrons. The first-order valence-electron chi connectivity index (χ1n) is 7.40. The van der Waals surface area contributed by atoms with Gasteiger partial charge in [0.2, 0.25) is 0 Å². The molecule has 6 nitrogen and oxygen atoms in total. The predicted molar refractivity (Wildman–Crippen MR) is 85.9 cm³/mol. The molecule has 1 aromatic heterocycles. The first-order chi connectivity index (χ1) is 11.8. The van der Waals surface area contributed by atoms with Crippen LogP contribution in [-0.2, 0) is 6.61 Å². The van der Waals surface area contributed by atoms with Gasteiger partial charge in [-0.1, -0.05) is 18.2 Å². The molecule has 0 spiro atoms. The van der Waals surface area contributed by atoms with Crippen LogP contribution >= 0.6 is 0 Å². The number of ether oxygens (including phenoxy) is 4. The van der Waals surface area contributed by atoms with E-state index in [1.165, 1.54) is 0 Å². The minimum absolute atomic E-state index is 0.262. The summed E-state index contributed by atoms with van der Waals surface area (Å²) in [6.07, 6.45) is 0. The van der Waals surface area contributed by atoms with Crippen LogP contribution in [0.3, 0.4) is 0 Å². The molecule has 1 aliphatic rings. The van der Waals surface area contributed by atoms with Gasteiger partial charge in [0.05, 0.1) is 7.11 Å². The number of rotatable bonds is 4. The van der Waals surface area contributed by atoms with Gasteiger partial charge in [-0.15, -0.1) is 10.2 Å². The van der Waals surface area contributed by atoms with Crippen LogP contribution in [-0.4, -0.2) is 17.3 Å². The molecule has 0 saturated heterocycles. The molecule has 0 aliphatic carbocycles. The van der Waals surface area contributed by atoms with Gasteiger partial charge in [-0.05, 0) is 24.3 Å². The number of hydrogen-bond acceptors (Lipinski definition) is 6. The van der Waals surface area contributed by atoms with Gasteiger partial charge in [0, 0.05) is 12.1 Å². The van der Waals surface area contributed by atoms with E-state index in [4.69, 9.17) is 18.9 Å². The van der Waals surface area contributed by atoms with Crippen molar-refractivity contribution in [1.82, 2.24) is 10.2 Å². The molecule has 0 atom stereocenters. The number of fused-ring (bicyclic) bond motifs is 2. The minimum atomic E-state index is 0.262. The van der Waals surface area contributed by atoms with Gasteiger partial charge in [0.15, 0.2) is 17.2 Å². The van der Waals surface area contributed by atoms with Crippen molar-refractivity contribution in [2.75, 3.05) is 7.11 Å². The normalized spacial score (nSPS) is 11.5. The minimum Gasteiger partial charge on any atom is -0.497 e. The summed E-state index contributed by atoms with van der Waals surface area (Å²) in [5.41, 5.74) is 0.638. The molecule has 0 bridgehead atoms. The van der Waals surface area contributed by atoms with Gasteiger partial charge in [-0.25, -0.2) is 0 Å². The van der Waals surface area contributed by atoms with Crippen LogP contribution in [0.15, 0.2) is 54.6 Å². The van der Waals surface area contributed by atoms with Crippen molar-refractivity contribution in [2.45, 2.75) is 6.61 Å². The highest BCUT2D eigenvalue weighted by atomic mass is 16.6. The van der Waals surface area contributed by atoms with Crippen LogP contribution in [0.5, 0.6) is 34.6 Å². The average molecular weight is 322 g/mol. The summed E-state index contributed by atoms with van der Waals surface area (Å²) in [7, 11) is 1.61. The summed E-state index contributed by atoms with van der Waals surface area (Å²) in [5.74, 6) is 3.57. The van der Waals surface area contributed by atoms with Crippen molar-refractivity contribution in [1.29, 1.82) is 0 Å². The smallest absolute Gasteiger partial charge is 0.282 e. The summed E-state index contributed by atoms with van der Waals surface area (Å²) in [6, 6.07) is 16.6. The second-order valence-electron chi connectivity index (χ2n) is 5.12. The van der Waals surface area contributed by atoms with Crippen molar-refractivity contribution >= 4 is 0 Å². The Balaban J connectivity index is 1.50. The molecule has 2 heterocycles. The highest BCUT2D eigenvalue weighted by molar-refractivity contribution is 5.51. The largest absolute Gasteiger partial charge is 0.497 e. The number of methoxy groups -OCH3 is 1. The molecule has 6 heteroatoms. The predicted octanol–water partition coefficient (Wildman–Crippen LogP) is 3.96. The van der Waals surface area contributed by atoms with E-state index in [2.05, 4.69) is 10.2 Å². The molecule has 0 N–H and O–H groups in total. The third-order valence-electron chi connectivity index (χ3n) is 3.48. The molecule has 2 aromatic carbocycles. The van der Waals surface area contributed by atoms with Gasteiger partial charge in [0.25, 0.3) is 5.88 Å². The summed E-state index contributed by atoms with van der Waals surface area (Å²) < 4.78 is 22.4. The molecule has 0 unspecified atom stereocenters. The van der Waals surface area contributed by atoms with E-state index in [0.717, 1.165) is 5.75 Å². The maximum atomic E-state index is 5.80. The van der Waals surface area contributed by atoms with Crippen LogP contribution in [0, 0.1) is 0 Å². The van der Waals surface area contributed by atoms with Crippen molar-refractivity contribution in [3.8, 4) is 34.6 Å². The Hall–Kier alpha value is -3.28. The van der Waals surface area contributed by atoms with Gasteiger partial charge >= 0.3 is 0 Å². The van der Waals surface area contributed by atoms with Crippen LogP contribution in [0.1, 0.15) is 5.69 Å². The Morgan fingerprint density at radius 1 is 0.833 bits per heavy atom. The molecule has 4 rings (SSSR count). The fourth-order valence-electron chi connectivity index (χ4n) is 2.30. The highest BCUT2D eigenvalue weighted by Crippen LogP contribution is 2.43. The van der Waals surface area contributed by atoms with Crippen LogP contribution in [0.2, 0.25) is 0 Å². The molecular formula is C18H14N2O4. The van der Waals surface area contributed by atoms with E-state index in [9.17, 15) is 0 Å². The van der Waals surface area contributed by atoms with Crippen molar-refractivity contribution in [3.05, 3.63) is 60.3 Å². The second kappa shape index (κ2) is 6.08. The molecular weight excluding hydrogens is 308 g/mol. The molecule has 1 aliphatic heterocycles. The lowest BCUT2D eigenvalue weighted by molar-refractivity contribution is 0.292. The Kier molecular flexibility index (Phi) is 3.63. The Morgan fingerprint density at radius 3 is 2.46 bits per heavy atom. The highest BCUT2D eigenvalue weighted by Gasteiger charge is 2.20. The van der Waals surface area contributed by atoms with E-state index in [0.29, 0.717) is 34.6 Å². The Morgan fingerprint density at radius 2 is 1.62 bits per heavy atom. The zero-order valence-electron chi connectivity index (χ0n) is 12.9. The van der Waals surface area contributed by atoms with Crippen molar-refractivity contribution < 1.29 is 18.9 Å². The number of benzene rings is 2. The lowest BCUT2D eigenvalue weighted by Gasteiger charge is -2.19. The van der Waals surface area contributed by atoms with Gasteiger partial charge in [0.1, 0.15) is 23.8 Å². The fourth-order valence-corrected chi connectivity index (χ4v) is 2.30. The zero-order chi connectivity index (χ0) is 16.4. The summed E-state index contributed by atoms with van der Waals surface area (Å²) in [6.45, 7) is 0.262. The summed E-state index contributed by atoms with van der Waals surface area (Å²) in [5, 5.41) is 8.17. The zero-order valence-corrected chi connectivity index (χ0v) is 12.9. The topological polar surface area (TPSA) is 62.7 Å². The first kappa shape index (κ1) is 14.3. The van der Waals surface area contributed by atoms with E-state index in [1.807, 2.05) is 48.5 Å². The van der Waals surface area contributed by atoms with Gasteiger partial charge in [-0.3, -0.25) is 0 Å². The van der Waals surface area contributed by atoms with Crippen molar-refractivity contribution in [3.63, 3.8) is 0 Å². The number of aromatic nitrogens is 2. The number of nitrogens with zero attached hydrogens (tertiary/aromatic N) is 2. The molecule has 3 aromatic rings. The standard InChI is InChI=1S/C18H14N2O4/c1-21-13-5-4-6-14(10-13)22-11-12-9-17-18(20-19-12)24-16-8-3-2-7-15(16)23-17/h2-10H,11H2,1H3. The molecule has 24 heavy (non-hydrogen) atoms. The summed E-state index contributed by atoms with van der Waals surface area (Å²) >= 11 is 0. The monoisotopic (exact) mass is 322 g/mol. The van der Waals surface area contributed by atoms with Crippen LogP contribution in [0.25, 0.3) is 0 Å². The van der Waals surface area contributed by atoms with E-state index in [1.54, 1.807) is 13.2 Å². The summed E-state index contributed by atoms with van der Waals surface area (Å²) in [4.78, 5) is 0. The fraction of sp³-hybridized carbons (Fsp3) is 0.111. The lowest BCUT2D eigenvalue weighted by Crippen LogP contribution is -2.06. The molecule has 0 fully saturated rings. The first-order valence-corrected chi connectivity index (χ1v) is 7.40. The SMILES string of the molecule is COc1cccc(OCc2cc3c(nn2)Oc2ccccc2O3)c1.